The van der Waals surface area contributed by atoms with Gasteiger partial charge in [0.1, 0.15) is 4.60 Å². The van der Waals surface area contributed by atoms with Crippen molar-refractivity contribution in [2.45, 2.75) is 13.3 Å². The highest BCUT2D eigenvalue weighted by atomic mass is 79.9. The molecule has 1 fully saturated rings. The van der Waals surface area contributed by atoms with E-state index >= 15 is 0 Å². The van der Waals surface area contributed by atoms with Crippen molar-refractivity contribution in [3.05, 3.63) is 32.9 Å². The highest BCUT2D eigenvalue weighted by Gasteiger charge is 2.31. The van der Waals surface area contributed by atoms with Gasteiger partial charge in [-0.15, -0.1) is 0 Å². The zero-order chi connectivity index (χ0) is 13.1. The van der Waals surface area contributed by atoms with Crippen LogP contribution in [0, 0.1) is 12.8 Å². The van der Waals surface area contributed by atoms with Crippen LogP contribution in [-0.4, -0.2) is 24.0 Å². The molecule has 1 atom stereocenters. The van der Waals surface area contributed by atoms with Gasteiger partial charge in [0.25, 0.3) is 0 Å². The molecule has 18 heavy (non-hydrogen) atoms. The smallest absolute Gasteiger partial charge is 0.227 e. The van der Waals surface area contributed by atoms with Crippen molar-refractivity contribution in [1.29, 1.82) is 0 Å². The highest BCUT2D eigenvalue weighted by Crippen LogP contribution is 2.28. The van der Waals surface area contributed by atoms with Gasteiger partial charge in [0.15, 0.2) is 0 Å². The van der Waals surface area contributed by atoms with E-state index in [0.717, 1.165) is 16.0 Å². The Morgan fingerprint density at radius 1 is 1.67 bits per heavy atom. The third-order valence-electron chi connectivity index (χ3n) is 2.92. The molecule has 0 saturated carbocycles. The summed E-state index contributed by atoms with van der Waals surface area (Å²) in [6.07, 6.45) is 0.425. The summed E-state index contributed by atoms with van der Waals surface area (Å²) in [5, 5.41) is 3.53. The summed E-state index contributed by atoms with van der Waals surface area (Å²) in [6, 6.07) is 3.69. The van der Waals surface area contributed by atoms with Gasteiger partial charge < -0.3 is 4.90 Å². The maximum Gasteiger partial charge on any atom is 0.227 e. The van der Waals surface area contributed by atoms with Crippen LogP contribution in [0.2, 0.25) is 0 Å². The number of carbonyl (C=O) groups excluding carboxylic acids is 1. The molecular weight excluding hydrogens is 298 g/mol. The van der Waals surface area contributed by atoms with E-state index in [9.17, 15) is 4.79 Å². The Labute approximate surface area is 113 Å². The van der Waals surface area contributed by atoms with Crippen LogP contribution in [0.1, 0.15) is 12.1 Å². The molecule has 1 saturated heterocycles. The van der Waals surface area contributed by atoms with Gasteiger partial charge >= 0.3 is 0 Å². The van der Waals surface area contributed by atoms with Crippen molar-refractivity contribution in [3.63, 3.8) is 0 Å². The second-order valence-electron chi connectivity index (χ2n) is 4.23. The molecule has 0 radical (unpaired) electrons. The van der Waals surface area contributed by atoms with Crippen molar-refractivity contribution in [2.24, 2.45) is 11.0 Å². The lowest BCUT2D eigenvalue weighted by atomic mass is 10.1. The number of halogens is 1. The van der Waals surface area contributed by atoms with Crippen LogP contribution >= 0.6 is 15.9 Å². The molecule has 1 aliphatic rings. The summed E-state index contributed by atoms with van der Waals surface area (Å²) < 4.78 is 0.751. The average molecular weight is 310 g/mol. The van der Waals surface area contributed by atoms with Crippen LogP contribution in [0.25, 0.3) is 10.4 Å². The van der Waals surface area contributed by atoms with Crippen molar-refractivity contribution in [2.75, 3.05) is 18.0 Å². The number of carbonyl (C=O) groups is 1. The first kappa shape index (κ1) is 12.9. The van der Waals surface area contributed by atoms with E-state index in [0.29, 0.717) is 19.5 Å². The quantitative estimate of drug-likeness (QED) is 0.372. The summed E-state index contributed by atoms with van der Waals surface area (Å²) in [5.41, 5.74) is 9.93. The van der Waals surface area contributed by atoms with Crippen molar-refractivity contribution >= 4 is 27.5 Å². The summed E-state index contributed by atoms with van der Waals surface area (Å²) >= 11 is 3.30. The third kappa shape index (κ3) is 2.63. The topological polar surface area (TPSA) is 82.0 Å². The fourth-order valence-corrected chi connectivity index (χ4v) is 2.50. The summed E-state index contributed by atoms with van der Waals surface area (Å²) in [7, 11) is 0. The van der Waals surface area contributed by atoms with Crippen LogP contribution in [0.3, 0.4) is 0 Å². The molecule has 7 heteroatoms. The minimum absolute atomic E-state index is 0.0559. The number of amides is 1. The summed E-state index contributed by atoms with van der Waals surface area (Å²) in [4.78, 5) is 20.7. The summed E-state index contributed by atoms with van der Waals surface area (Å²) in [5.74, 6) is 0.150. The Morgan fingerprint density at radius 3 is 3.11 bits per heavy atom. The third-order valence-corrected chi connectivity index (χ3v) is 3.36. The standard InChI is InChI=1S/C11H12BrN5O/c1-7-9(2-3-10(12)15-7)17-6-8(4-11(17)18)5-14-16-13/h2-3,8H,4-6H2,1H3. The molecular formula is C11H12BrN5O. The molecule has 0 aromatic carbocycles. The Balaban J connectivity index is 2.18. The van der Waals surface area contributed by atoms with E-state index in [1.807, 2.05) is 19.1 Å². The van der Waals surface area contributed by atoms with Gasteiger partial charge in [-0.3, -0.25) is 4.79 Å². The van der Waals surface area contributed by atoms with Crippen molar-refractivity contribution < 1.29 is 4.79 Å². The molecule has 0 aliphatic carbocycles. The van der Waals surface area contributed by atoms with E-state index in [1.54, 1.807) is 4.90 Å². The lowest BCUT2D eigenvalue weighted by Crippen LogP contribution is -2.25. The molecule has 0 bridgehead atoms. The number of aromatic nitrogens is 1. The maximum absolute atomic E-state index is 11.9. The van der Waals surface area contributed by atoms with Crippen LogP contribution in [0.15, 0.2) is 21.9 Å². The molecule has 1 amide bonds. The van der Waals surface area contributed by atoms with Crippen molar-refractivity contribution in [3.8, 4) is 0 Å². The van der Waals surface area contributed by atoms with Crippen LogP contribution in [0.5, 0.6) is 0 Å². The van der Waals surface area contributed by atoms with Gasteiger partial charge in [-0.05, 0) is 46.4 Å². The summed E-state index contributed by atoms with van der Waals surface area (Å²) in [6.45, 7) is 2.82. The maximum atomic E-state index is 11.9. The second kappa shape index (κ2) is 5.37. The monoisotopic (exact) mass is 309 g/mol. The fourth-order valence-electron chi connectivity index (χ4n) is 2.10. The van der Waals surface area contributed by atoms with Gasteiger partial charge in [0.2, 0.25) is 5.91 Å². The fraction of sp³-hybridized carbons (Fsp3) is 0.455. The molecule has 1 aromatic heterocycles. The van der Waals surface area contributed by atoms with Crippen LogP contribution in [-0.2, 0) is 4.79 Å². The molecule has 94 valence electrons. The Morgan fingerprint density at radius 2 is 2.44 bits per heavy atom. The zero-order valence-electron chi connectivity index (χ0n) is 9.88. The highest BCUT2D eigenvalue weighted by molar-refractivity contribution is 9.10. The predicted molar refractivity (Wildman–Crippen MR) is 71.1 cm³/mol. The largest absolute Gasteiger partial charge is 0.310 e. The van der Waals surface area contributed by atoms with Gasteiger partial charge in [0.05, 0.1) is 11.4 Å². The lowest BCUT2D eigenvalue weighted by Gasteiger charge is -2.18. The Bertz CT molecular complexity index is 526. The van der Waals surface area contributed by atoms with Crippen LogP contribution < -0.4 is 4.90 Å². The van der Waals surface area contributed by atoms with Crippen molar-refractivity contribution in [1.82, 2.24) is 4.98 Å². The molecule has 1 unspecified atom stereocenters. The van der Waals surface area contributed by atoms with Crippen LogP contribution in [0.4, 0.5) is 5.69 Å². The first-order chi connectivity index (χ1) is 8.61. The molecule has 1 aromatic rings. The lowest BCUT2D eigenvalue weighted by molar-refractivity contribution is -0.117. The average Bonchev–Trinajstić information content (AvgIpc) is 2.68. The van der Waals surface area contributed by atoms with Gasteiger partial charge in [-0.2, -0.15) is 0 Å². The van der Waals surface area contributed by atoms with Gasteiger partial charge in [-0.1, -0.05) is 5.11 Å². The number of rotatable bonds is 3. The number of azide groups is 1. The van der Waals surface area contributed by atoms with E-state index < -0.39 is 0 Å². The normalized spacial score (nSPS) is 18.9. The first-order valence-electron chi connectivity index (χ1n) is 5.56. The minimum Gasteiger partial charge on any atom is -0.310 e. The first-order valence-corrected chi connectivity index (χ1v) is 6.35. The van der Waals surface area contributed by atoms with E-state index in [2.05, 4.69) is 30.9 Å². The number of hydrogen-bond donors (Lipinski definition) is 0. The zero-order valence-corrected chi connectivity index (χ0v) is 11.5. The minimum atomic E-state index is 0.0559. The van der Waals surface area contributed by atoms with E-state index in [-0.39, 0.29) is 11.8 Å². The van der Waals surface area contributed by atoms with Gasteiger partial charge in [0, 0.05) is 24.4 Å². The predicted octanol–water partition coefficient (Wildman–Crippen LogP) is 2.82. The Hall–Kier alpha value is -1.59. The molecule has 0 N–H and O–H groups in total. The number of anilines is 1. The molecule has 1 aliphatic heterocycles. The van der Waals surface area contributed by atoms with E-state index in [4.69, 9.17) is 5.53 Å². The SMILES string of the molecule is Cc1nc(Br)ccc1N1CC(CN=[N+]=[N-])CC1=O. The number of pyridine rings is 1. The number of hydrogen-bond acceptors (Lipinski definition) is 3. The molecule has 2 heterocycles. The second-order valence-corrected chi connectivity index (χ2v) is 5.04. The van der Waals surface area contributed by atoms with E-state index in [1.165, 1.54) is 0 Å². The number of nitrogens with zero attached hydrogens (tertiary/aromatic N) is 5. The molecule has 6 nitrogen and oxygen atoms in total. The van der Waals surface area contributed by atoms with Gasteiger partial charge in [-0.25, -0.2) is 4.98 Å². The number of aryl methyl sites for hydroxylation is 1. The molecule has 0 spiro atoms. The molecule has 2 rings (SSSR count). The Kier molecular flexibility index (Phi) is 3.84.